The number of ether oxygens (including phenoxy) is 3. The van der Waals surface area contributed by atoms with Crippen molar-refractivity contribution in [2.45, 2.75) is 239 Å². The average molecular weight is 759 g/mol. The highest BCUT2D eigenvalue weighted by atomic mass is 16.6. The van der Waals surface area contributed by atoms with Crippen LogP contribution in [0, 0.1) is 0 Å². The van der Waals surface area contributed by atoms with Crippen LogP contribution in [0.25, 0.3) is 0 Å². The maximum atomic E-state index is 12.7. The van der Waals surface area contributed by atoms with Crippen molar-refractivity contribution in [1.29, 1.82) is 0 Å². The van der Waals surface area contributed by atoms with Gasteiger partial charge in [-0.25, -0.2) is 0 Å². The molecule has 1 atom stereocenters. The van der Waals surface area contributed by atoms with Gasteiger partial charge in [-0.1, -0.05) is 198 Å². The molecule has 0 aliphatic rings. The molecule has 6 heteroatoms. The van der Waals surface area contributed by atoms with Gasteiger partial charge in [0.2, 0.25) is 0 Å². The molecule has 0 radical (unpaired) electrons. The van der Waals surface area contributed by atoms with Crippen LogP contribution in [0.5, 0.6) is 0 Å². The molecule has 1 unspecified atom stereocenters. The first kappa shape index (κ1) is 51.6. The third kappa shape index (κ3) is 40.8. The standard InChI is InChI=1S/C48H86O6/c1-4-7-10-13-16-19-21-23-24-26-27-29-32-35-38-41-47(50)53-44-45(43-52-46(49)40-37-34-31-18-15-12-9-6-3)54-48(51)42-39-36-33-30-28-25-22-20-17-14-11-8-5-2/h7,10,16,19,23-24,45H,4-6,8-9,11-15,17-18,20-22,25-44H2,1-3H3/b10-7-,19-16-,24-23-. The molecule has 0 bridgehead atoms. The first-order valence-corrected chi connectivity index (χ1v) is 23.0. The minimum absolute atomic E-state index is 0.0749. The first-order chi connectivity index (χ1) is 26.5. The van der Waals surface area contributed by atoms with Crippen LogP contribution in [0.3, 0.4) is 0 Å². The van der Waals surface area contributed by atoms with Crippen molar-refractivity contribution in [2.24, 2.45) is 0 Å². The predicted octanol–water partition coefficient (Wildman–Crippen LogP) is 14.6. The number of allylic oxidation sites excluding steroid dienone is 6. The fourth-order valence-electron chi connectivity index (χ4n) is 6.46. The lowest BCUT2D eigenvalue weighted by atomic mass is 10.0. The van der Waals surface area contributed by atoms with Gasteiger partial charge in [-0.3, -0.25) is 14.4 Å². The summed E-state index contributed by atoms with van der Waals surface area (Å²) in [5.74, 6) is -0.893. The van der Waals surface area contributed by atoms with E-state index < -0.39 is 6.10 Å². The van der Waals surface area contributed by atoms with Crippen LogP contribution in [0.4, 0.5) is 0 Å². The molecular formula is C48H86O6. The summed E-state index contributed by atoms with van der Waals surface area (Å²) >= 11 is 0. The van der Waals surface area contributed by atoms with Gasteiger partial charge in [-0.15, -0.1) is 0 Å². The van der Waals surface area contributed by atoms with Gasteiger partial charge in [0.05, 0.1) is 0 Å². The average Bonchev–Trinajstić information content (AvgIpc) is 3.17. The fraction of sp³-hybridized carbons (Fsp3) is 0.812. The van der Waals surface area contributed by atoms with Gasteiger partial charge in [-0.05, 0) is 51.4 Å². The van der Waals surface area contributed by atoms with E-state index in [1.54, 1.807) is 0 Å². The normalized spacial score (nSPS) is 12.3. The molecule has 0 aliphatic carbocycles. The van der Waals surface area contributed by atoms with Crippen molar-refractivity contribution in [3.05, 3.63) is 36.5 Å². The Morgan fingerprint density at radius 3 is 1.13 bits per heavy atom. The summed E-state index contributed by atoms with van der Waals surface area (Å²) in [6, 6.07) is 0. The molecule has 0 heterocycles. The van der Waals surface area contributed by atoms with Crippen molar-refractivity contribution < 1.29 is 28.6 Å². The van der Waals surface area contributed by atoms with E-state index in [2.05, 4.69) is 57.2 Å². The quantitative estimate of drug-likeness (QED) is 0.0267. The number of carbonyl (C=O) groups excluding carboxylic acids is 3. The van der Waals surface area contributed by atoms with Crippen LogP contribution in [0.15, 0.2) is 36.5 Å². The van der Waals surface area contributed by atoms with Crippen molar-refractivity contribution in [3.63, 3.8) is 0 Å². The summed E-state index contributed by atoms with van der Waals surface area (Å²) in [7, 11) is 0. The maximum Gasteiger partial charge on any atom is 0.306 e. The SMILES string of the molecule is CC/C=C\C/C=C\C/C=C\CCCCCCCC(=O)OCC(COC(=O)CCCCCCCCCC)OC(=O)CCCCCCCCCCCCCCC. The summed E-state index contributed by atoms with van der Waals surface area (Å²) in [6.45, 7) is 6.48. The molecule has 0 aromatic carbocycles. The molecule has 0 aromatic rings. The molecule has 0 aliphatic heterocycles. The van der Waals surface area contributed by atoms with Gasteiger partial charge in [0.25, 0.3) is 0 Å². The Morgan fingerprint density at radius 1 is 0.389 bits per heavy atom. The summed E-state index contributed by atoms with van der Waals surface area (Å²) in [4.78, 5) is 37.7. The molecule has 0 aromatic heterocycles. The minimum atomic E-state index is -0.771. The van der Waals surface area contributed by atoms with Crippen LogP contribution in [-0.4, -0.2) is 37.2 Å². The second-order valence-electron chi connectivity index (χ2n) is 15.3. The van der Waals surface area contributed by atoms with Crippen molar-refractivity contribution in [2.75, 3.05) is 13.2 Å². The summed E-state index contributed by atoms with van der Waals surface area (Å²) < 4.78 is 16.7. The number of unbranched alkanes of at least 4 members (excludes halogenated alkanes) is 24. The zero-order chi connectivity index (χ0) is 39.4. The van der Waals surface area contributed by atoms with Crippen LogP contribution in [0.1, 0.15) is 233 Å². The third-order valence-corrected chi connectivity index (χ3v) is 9.91. The van der Waals surface area contributed by atoms with Gasteiger partial charge >= 0.3 is 17.9 Å². The van der Waals surface area contributed by atoms with Crippen molar-refractivity contribution >= 4 is 17.9 Å². The summed E-state index contributed by atoms with van der Waals surface area (Å²) in [5, 5.41) is 0. The van der Waals surface area contributed by atoms with Gasteiger partial charge in [0.15, 0.2) is 6.10 Å². The Labute approximate surface area is 334 Å². The molecule has 314 valence electrons. The lowest BCUT2D eigenvalue weighted by Crippen LogP contribution is -2.30. The molecule has 0 saturated carbocycles. The highest BCUT2D eigenvalue weighted by molar-refractivity contribution is 5.71. The van der Waals surface area contributed by atoms with Gasteiger partial charge in [0, 0.05) is 19.3 Å². The molecule has 0 saturated heterocycles. The maximum absolute atomic E-state index is 12.7. The van der Waals surface area contributed by atoms with Crippen LogP contribution < -0.4 is 0 Å². The molecule has 6 nitrogen and oxygen atoms in total. The van der Waals surface area contributed by atoms with E-state index in [1.807, 2.05) is 0 Å². The zero-order valence-corrected chi connectivity index (χ0v) is 35.7. The van der Waals surface area contributed by atoms with Gasteiger partial charge < -0.3 is 14.2 Å². The number of hydrogen-bond acceptors (Lipinski definition) is 6. The highest BCUT2D eigenvalue weighted by Crippen LogP contribution is 2.15. The molecule has 0 rings (SSSR count). The molecule has 0 spiro atoms. The van der Waals surface area contributed by atoms with E-state index in [1.165, 1.54) is 96.3 Å². The zero-order valence-electron chi connectivity index (χ0n) is 35.7. The van der Waals surface area contributed by atoms with E-state index in [9.17, 15) is 14.4 Å². The predicted molar refractivity (Wildman–Crippen MR) is 229 cm³/mol. The fourth-order valence-corrected chi connectivity index (χ4v) is 6.46. The van der Waals surface area contributed by atoms with Crippen LogP contribution in [0.2, 0.25) is 0 Å². The topological polar surface area (TPSA) is 78.9 Å². The minimum Gasteiger partial charge on any atom is -0.462 e. The van der Waals surface area contributed by atoms with E-state index in [4.69, 9.17) is 14.2 Å². The Balaban J connectivity index is 4.34. The molecule has 0 N–H and O–H groups in total. The summed E-state index contributed by atoms with van der Waals surface area (Å²) in [6.07, 6.45) is 48.4. The molecule has 0 fully saturated rings. The lowest BCUT2D eigenvalue weighted by molar-refractivity contribution is -0.167. The molecule has 54 heavy (non-hydrogen) atoms. The smallest absolute Gasteiger partial charge is 0.306 e. The molecular weight excluding hydrogens is 673 g/mol. The number of hydrogen-bond donors (Lipinski definition) is 0. The van der Waals surface area contributed by atoms with E-state index >= 15 is 0 Å². The lowest BCUT2D eigenvalue weighted by Gasteiger charge is -2.18. The van der Waals surface area contributed by atoms with Crippen molar-refractivity contribution in [1.82, 2.24) is 0 Å². The van der Waals surface area contributed by atoms with E-state index in [-0.39, 0.29) is 31.1 Å². The largest absolute Gasteiger partial charge is 0.462 e. The third-order valence-electron chi connectivity index (χ3n) is 9.91. The molecule has 0 amide bonds. The van der Waals surface area contributed by atoms with Gasteiger partial charge in [-0.2, -0.15) is 0 Å². The van der Waals surface area contributed by atoms with Crippen molar-refractivity contribution in [3.8, 4) is 0 Å². The van der Waals surface area contributed by atoms with Gasteiger partial charge in [0.1, 0.15) is 13.2 Å². The number of carbonyl (C=O) groups is 3. The summed E-state index contributed by atoms with van der Waals surface area (Å²) in [5.41, 5.74) is 0. The Bertz CT molecular complexity index is 922. The Morgan fingerprint density at radius 2 is 0.722 bits per heavy atom. The second-order valence-corrected chi connectivity index (χ2v) is 15.3. The monoisotopic (exact) mass is 759 g/mol. The Kier molecular flexibility index (Phi) is 41.5. The second kappa shape index (κ2) is 43.4. The highest BCUT2D eigenvalue weighted by Gasteiger charge is 2.19. The van der Waals surface area contributed by atoms with E-state index in [0.717, 1.165) is 96.3 Å². The number of rotatable bonds is 41. The van der Waals surface area contributed by atoms with Crippen LogP contribution in [-0.2, 0) is 28.6 Å². The first-order valence-electron chi connectivity index (χ1n) is 23.0. The van der Waals surface area contributed by atoms with Crippen LogP contribution >= 0.6 is 0 Å². The van der Waals surface area contributed by atoms with E-state index in [0.29, 0.717) is 19.3 Å². The number of esters is 3. The Hall–Kier alpha value is -2.37.